The van der Waals surface area contributed by atoms with Crippen LogP contribution in [0.3, 0.4) is 0 Å². The lowest BCUT2D eigenvalue weighted by atomic mass is 10.1. The number of aromatic carboxylic acids is 1. The van der Waals surface area contributed by atoms with Gasteiger partial charge in [-0.15, -0.1) is 0 Å². The zero-order valence-corrected chi connectivity index (χ0v) is 9.71. The fraction of sp³-hybridized carbons (Fsp3) is 0.167. The van der Waals surface area contributed by atoms with E-state index in [0.717, 1.165) is 0 Å². The summed E-state index contributed by atoms with van der Waals surface area (Å²) >= 11 is 0. The summed E-state index contributed by atoms with van der Waals surface area (Å²) < 4.78 is 9.75. The molecule has 94 valence electrons. The number of aromatic nitrogens is 1. The Morgan fingerprint density at radius 1 is 1.50 bits per heavy atom. The largest absolute Gasteiger partial charge is 0.497 e. The van der Waals surface area contributed by atoms with E-state index in [0.29, 0.717) is 23.7 Å². The van der Waals surface area contributed by atoms with Crippen LogP contribution in [0.5, 0.6) is 5.75 Å². The Morgan fingerprint density at radius 3 is 2.94 bits per heavy atom. The quantitative estimate of drug-likeness (QED) is 0.841. The van der Waals surface area contributed by atoms with Crippen molar-refractivity contribution in [3.63, 3.8) is 0 Å². The minimum atomic E-state index is -1.000. The van der Waals surface area contributed by atoms with Gasteiger partial charge in [-0.1, -0.05) is 5.16 Å². The molecule has 0 aliphatic heterocycles. The molecule has 0 unspecified atom stereocenters. The Morgan fingerprint density at radius 2 is 2.33 bits per heavy atom. The van der Waals surface area contributed by atoms with Gasteiger partial charge in [-0.2, -0.15) is 0 Å². The van der Waals surface area contributed by atoms with Gasteiger partial charge in [0.05, 0.1) is 24.9 Å². The maximum atomic E-state index is 11.1. The van der Waals surface area contributed by atoms with E-state index in [1.165, 1.54) is 19.4 Å². The minimum Gasteiger partial charge on any atom is -0.497 e. The van der Waals surface area contributed by atoms with Crippen LogP contribution in [0.25, 0.3) is 0 Å². The number of nitrogens with zero attached hydrogens (tertiary/aromatic N) is 1. The summed E-state index contributed by atoms with van der Waals surface area (Å²) in [5.41, 5.74) is 1.35. The molecule has 1 aromatic heterocycles. The van der Waals surface area contributed by atoms with Gasteiger partial charge in [-0.3, -0.25) is 0 Å². The molecule has 1 heterocycles. The molecule has 0 spiro atoms. The number of anilines is 1. The Hall–Kier alpha value is -2.50. The summed E-state index contributed by atoms with van der Waals surface area (Å²) in [6.45, 7) is 0.379. The third-order valence-electron chi connectivity index (χ3n) is 2.41. The zero-order valence-electron chi connectivity index (χ0n) is 9.71. The molecule has 18 heavy (non-hydrogen) atoms. The molecule has 0 fully saturated rings. The molecule has 0 aliphatic carbocycles. The second-order valence-corrected chi connectivity index (χ2v) is 3.56. The van der Waals surface area contributed by atoms with Crippen molar-refractivity contribution in [1.82, 2.24) is 5.16 Å². The van der Waals surface area contributed by atoms with Crippen LogP contribution >= 0.6 is 0 Å². The molecule has 0 saturated carbocycles. The van der Waals surface area contributed by atoms with Crippen LogP contribution in [0, 0.1) is 0 Å². The summed E-state index contributed by atoms with van der Waals surface area (Å²) in [5, 5.41) is 15.8. The monoisotopic (exact) mass is 248 g/mol. The smallest absolute Gasteiger partial charge is 0.337 e. The lowest BCUT2D eigenvalue weighted by Gasteiger charge is -2.10. The molecule has 0 bridgehead atoms. The summed E-state index contributed by atoms with van der Waals surface area (Å²) in [4.78, 5) is 11.1. The topological polar surface area (TPSA) is 84.6 Å². The van der Waals surface area contributed by atoms with Crippen LogP contribution in [0.1, 0.15) is 16.1 Å². The highest BCUT2D eigenvalue weighted by Crippen LogP contribution is 2.23. The van der Waals surface area contributed by atoms with E-state index in [4.69, 9.17) is 14.4 Å². The van der Waals surface area contributed by atoms with Crippen LogP contribution in [0.15, 0.2) is 35.1 Å². The summed E-state index contributed by atoms with van der Waals surface area (Å²) in [6, 6.07) is 6.42. The van der Waals surface area contributed by atoms with Crippen molar-refractivity contribution >= 4 is 11.7 Å². The number of carboxylic acid groups (broad SMARTS) is 1. The standard InChI is InChI=1S/C12H12N2O4/c1-17-9-2-3-10(12(15)16)11(6-9)13-7-8-4-5-18-14-8/h2-6,13H,7H2,1H3,(H,15,16). The molecule has 0 saturated heterocycles. The first-order valence-electron chi connectivity index (χ1n) is 5.25. The number of rotatable bonds is 5. The summed E-state index contributed by atoms with van der Waals surface area (Å²) in [7, 11) is 1.52. The van der Waals surface area contributed by atoms with E-state index in [9.17, 15) is 4.79 Å². The van der Waals surface area contributed by atoms with E-state index >= 15 is 0 Å². The first-order chi connectivity index (χ1) is 8.70. The number of ether oxygens (including phenoxy) is 1. The molecule has 2 aromatic rings. The van der Waals surface area contributed by atoms with Crippen molar-refractivity contribution in [3.8, 4) is 5.75 Å². The maximum absolute atomic E-state index is 11.1. The van der Waals surface area contributed by atoms with Crippen LogP contribution < -0.4 is 10.1 Å². The number of nitrogens with one attached hydrogen (secondary N) is 1. The Kier molecular flexibility index (Phi) is 3.47. The SMILES string of the molecule is COc1ccc(C(=O)O)c(NCc2ccon2)c1. The molecule has 0 atom stereocenters. The van der Waals surface area contributed by atoms with Crippen molar-refractivity contribution < 1.29 is 19.2 Å². The van der Waals surface area contributed by atoms with Gasteiger partial charge >= 0.3 is 5.97 Å². The maximum Gasteiger partial charge on any atom is 0.337 e. The highest BCUT2D eigenvalue weighted by molar-refractivity contribution is 5.94. The van der Waals surface area contributed by atoms with Crippen molar-refractivity contribution in [2.45, 2.75) is 6.54 Å². The fourth-order valence-electron chi connectivity index (χ4n) is 1.50. The minimum absolute atomic E-state index is 0.180. The van der Waals surface area contributed by atoms with Gasteiger partial charge in [0, 0.05) is 12.1 Å². The van der Waals surface area contributed by atoms with Crippen LogP contribution in [-0.2, 0) is 6.54 Å². The highest BCUT2D eigenvalue weighted by Gasteiger charge is 2.11. The van der Waals surface area contributed by atoms with E-state index in [-0.39, 0.29) is 5.56 Å². The average molecular weight is 248 g/mol. The van der Waals surface area contributed by atoms with Gasteiger partial charge in [0.25, 0.3) is 0 Å². The summed E-state index contributed by atoms with van der Waals surface area (Å²) in [5.74, 6) is -0.414. The molecule has 0 amide bonds. The van der Waals surface area contributed by atoms with Crippen LogP contribution in [0.2, 0.25) is 0 Å². The molecule has 0 radical (unpaired) electrons. The number of carboxylic acids is 1. The van der Waals surface area contributed by atoms with Crippen molar-refractivity contribution in [1.29, 1.82) is 0 Å². The highest BCUT2D eigenvalue weighted by atomic mass is 16.5. The van der Waals surface area contributed by atoms with Gasteiger partial charge in [0.2, 0.25) is 0 Å². The van der Waals surface area contributed by atoms with E-state index in [1.54, 1.807) is 18.2 Å². The normalized spacial score (nSPS) is 10.1. The molecular formula is C12H12N2O4. The van der Waals surface area contributed by atoms with Gasteiger partial charge < -0.3 is 19.7 Å². The van der Waals surface area contributed by atoms with E-state index in [1.807, 2.05) is 0 Å². The summed E-state index contributed by atoms with van der Waals surface area (Å²) in [6.07, 6.45) is 1.46. The number of carbonyl (C=O) groups is 1. The lowest BCUT2D eigenvalue weighted by Crippen LogP contribution is -2.06. The molecule has 6 nitrogen and oxygen atoms in total. The van der Waals surface area contributed by atoms with Crippen molar-refractivity contribution in [3.05, 3.63) is 41.8 Å². The number of benzene rings is 1. The first kappa shape index (κ1) is 12.0. The van der Waals surface area contributed by atoms with Crippen molar-refractivity contribution in [2.24, 2.45) is 0 Å². The molecule has 6 heteroatoms. The Balaban J connectivity index is 2.20. The third-order valence-corrected chi connectivity index (χ3v) is 2.41. The number of hydrogen-bond acceptors (Lipinski definition) is 5. The lowest BCUT2D eigenvalue weighted by molar-refractivity contribution is 0.0698. The molecule has 1 aromatic carbocycles. The van der Waals surface area contributed by atoms with Crippen molar-refractivity contribution in [2.75, 3.05) is 12.4 Å². The number of hydrogen-bond donors (Lipinski definition) is 2. The molecule has 0 aliphatic rings. The van der Waals surface area contributed by atoms with Gasteiger partial charge in [-0.25, -0.2) is 4.79 Å². The molecule has 2 rings (SSSR count). The molecule has 2 N–H and O–H groups in total. The Bertz CT molecular complexity index is 537. The molecular weight excluding hydrogens is 236 g/mol. The number of methoxy groups -OCH3 is 1. The zero-order chi connectivity index (χ0) is 13.0. The van der Waals surface area contributed by atoms with Gasteiger partial charge in [0.1, 0.15) is 17.7 Å². The Labute approximate surface area is 103 Å². The third kappa shape index (κ3) is 2.60. The van der Waals surface area contributed by atoms with E-state index < -0.39 is 5.97 Å². The first-order valence-corrected chi connectivity index (χ1v) is 5.25. The fourth-order valence-corrected chi connectivity index (χ4v) is 1.50. The average Bonchev–Trinajstić information content (AvgIpc) is 2.88. The van der Waals surface area contributed by atoms with Gasteiger partial charge in [-0.05, 0) is 12.1 Å². The van der Waals surface area contributed by atoms with Gasteiger partial charge in [0.15, 0.2) is 0 Å². The second kappa shape index (κ2) is 5.22. The van der Waals surface area contributed by atoms with Crippen LogP contribution in [-0.4, -0.2) is 23.3 Å². The van der Waals surface area contributed by atoms with E-state index in [2.05, 4.69) is 10.5 Å². The predicted octanol–water partition coefficient (Wildman–Crippen LogP) is 1.99. The second-order valence-electron chi connectivity index (χ2n) is 3.56. The predicted molar refractivity (Wildman–Crippen MR) is 63.8 cm³/mol. The van der Waals surface area contributed by atoms with Crippen LogP contribution in [0.4, 0.5) is 5.69 Å².